The molecule has 0 saturated heterocycles. The summed E-state index contributed by atoms with van der Waals surface area (Å²) >= 11 is 11.8. The number of carboxylic acids is 1. The Morgan fingerprint density at radius 1 is 1.53 bits per heavy atom. The van der Waals surface area contributed by atoms with Gasteiger partial charge >= 0.3 is 5.97 Å². The predicted octanol–water partition coefficient (Wildman–Crippen LogP) is 2.73. The van der Waals surface area contributed by atoms with E-state index in [0.29, 0.717) is 10.0 Å². The van der Waals surface area contributed by atoms with Crippen molar-refractivity contribution in [2.24, 2.45) is 0 Å². The number of halogens is 2. The lowest BCUT2D eigenvalue weighted by molar-refractivity contribution is -0.136. The molecular weight excluding hydrogens is 237 g/mol. The smallest absolute Gasteiger partial charge is 0.317 e. The third-order valence-corrected chi connectivity index (χ3v) is 2.56. The summed E-state index contributed by atoms with van der Waals surface area (Å²) in [6.07, 6.45) is 0. The van der Waals surface area contributed by atoms with E-state index in [1.807, 2.05) is 6.92 Å². The number of hydrogen-bond acceptors (Lipinski definition) is 2. The van der Waals surface area contributed by atoms with Crippen molar-refractivity contribution in [3.05, 3.63) is 33.8 Å². The van der Waals surface area contributed by atoms with E-state index >= 15 is 0 Å². The Hall–Kier alpha value is -0.770. The van der Waals surface area contributed by atoms with E-state index in [4.69, 9.17) is 28.3 Å². The lowest BCUT2D eigenvalue weighted by Crippen LogP contribution is -2.25. The van der Waals surface area contributed by atoms with Gasteiger partial charge in [0.25, 0.3) is 0 Å². The summed E-state index contributed by atoms with van der Waals surface area (Å²) in [5.74, 6) is -0.903. The van der Waals surface area contributed by atoms with Gasteiger partial charge in [-0.15, -0.1) is 0 Å². The average Bonchev–Trinajstić information content (AvgIpc) is 2.18. The summed E-state index contributed by atoms with van der Waals surface area (Å²) in [6.45, 7) is 1.73. The molecular formula is C10H11Cl2NO2. The van der Waals surface area contributed by atoms with Gasteiger partial charge in [-0.05, 0) is 30.7 Å². The van der Waals surface area contributed by atoms with E-state index in [1.165, 1.54) is 0 Å². The Labute approximate surface area is 98.0 Å². The van der Waals surface area contributed by atoms with Crippen LogP contribution < -0.4 is 5.32 Å². The van der Waals surface area contributed by atoms with E-state index in [0.717, 1.165) is 5.56 Å². The molecule has 0 aromatic heterocycles. The summed E-state index contributed by atoms with van der Waals surface area (Å²) in [5, 5.41) is 12.5. The molecule has 0 bridgehead atoms. The van der Waals surface area contributed by atoms with Crippen molar-refractivity contribution in [2.75, 3.05) is 6.54 Å². The van der Waals surface area contributed by atoms with Gasteiger partial charge < -0.3 is 10.4 Å². The SMILES string of the molecule is CC(NCC(=O)O)c1cc(Cl)ccc1Cl. The number of aliphatic carboxylic acids is 1. The summed E-state index contributed by atoms with van der Waals surface area (Å²) < 4.78 is 0. The summed E-state index contributed by atoms with van der Waals surface area (Å²) in [7, 11) is 0. The molecule has 1 aromatic rings. The van der Waals surface area contributed by atoms with Gasteiger partial charge in [0.1, 0.15) is 0 Å². The molecule has 82 valence electrons. The molecule has 0 amide bonds. The van der Waals surface area contributed by atoms with Crippen LogP contribution in [0.4, 0.5) is 0 Å². The molecule has 0 aliphatic carbocycles. The van der Waals surface area contributed by atoms with E-state index in [2.05, 4.69) is 5.32 Å². The zero-order valence-corrected chi connectivity index (χ0v) is 9.64. The Kier molecular flexibility index (Phi) is 4.39. The fourth-order valence-corrected chi connectivity index (χ4v) is 1.66. The molecule has 15 heavy (non-hydrogen) atoms. The van der Waals surface area contributed by atoms with Gasteiger partial charge in [0.15, 0.2) is 0 Å². The third-order valence-electron chi connectivity index (χ3n) is 1.98. The van der Waals surface area contributed by atoms with Crippen molar-refractivity contribution in [2.45, 2.75) is 13.0 Å². The van der Waals surface area contributed by atoms with Gasteiger partial charge in [-0.2, -0.15) is 0 Å². The minimum atomic E-state index is -0.903. The number of benzene rings is 1. The highest BCUT2D eigenvalue weighted by atomic mass is 35.5. The molecule has 3 nitrogen and oxygen atoms in total. The molecule has 0 saturated carbocycles. The summed E-state index contributed by atoms with van der Waals surface area (Å²) in [5.41, 5.74) is 0.797. The second-order valence-electron chi connectivity index (χ2n) is 3.16. The first kappa shape index (κ1) is 12.3. The number of rotatable bonds is 4. The number of hydrogen-bond donors (Lipinski definition) is 2. The fourth-order valence-electron chi connectivity index (χ4n) is 1.20. The van der Waals surface area contributed by atoms with Gasteiger partial charge in [0, 0.05) is 16.1 Å². The van der Waals surface area contributed by atoms with Crippen molar-refractivity contribution in [1.82, 2.24) is 5.32 Å². The average molecular weight is 248 g/mol. The van der Waals surface area contributed by atoms with Gasteiger partial charge in [-0.3, -0.25) is 4.79 Å². The van der Waals surface area contributed by atoms with Gasteiger partial charge in [0.2, 0.25) is 0 Å². The number of carboxylic acid groups (broad SMARTS) is 1. The van der Waals surface area contributed by atoms with Crippen LogP contribution in [0.25, 0.3) is 0 Å². The minimum Gasteiger partial charge on any atom is -0.480 e. The molecule has 1 rings (SSSR count). The molecule has 0 aliphatic heterocycles. The topological polar surface area (TPSA) is 49.3 Å². The van der Waals surface area contributed by atoms with Gasteiger partial charge in [-0.1, -0.05) is 23.2 Å². The number of carbonyl (C=O) groups is 1. The maximum atomic E-state index is 10.4. The first-order valence-electron chi connectivity index (χ1n) is 4.41. The quantitative estimate of drug-likeness (QED) is 0.861. The second kappa shape index (κ2) is 5.35. The van der Waals surface area contributed by atoms with Crippen molar-refractivity contribution in [3.8, 4) is 0 Å². The van der Waals surface area contributed by atoms with Crippen LogP contribution in [0.15, 0.2) is 18.2 Å². The number of nitrogens with one attached hydrogen (secondary N) is 1. The van der Waals surface area contributed by atoms with Crippen molar-refractivity contribution >= 4 is 29.2 Å². The zero-order valence-electron chi connectivity index (χ0n) is 8.13. The predicted molar refractivity (Wildman–Crippen MR) is 60.5 cm³/mol. The van der Waals surface area contributed by atoms with Crippen LogP contribution in [-0.4, -0.2) is 17.6 Å². The van der Waals surface area contributed by atoms with Gasteiger partial charge in [0.05, 0.1) is 6.54 Å². The van der Waals surface area contributed by atoms with E-state index < -0.39 is 5.97 Å². The van der Waals surface area contributed by atoms with Crippen LogP contribution in [0.3, 0.4) is 0 Å². The van der Waals surface area contributed by atoms with Crippen LogP contribution in [0.2, 0.25) is 10.0 Å². The third kappa shape index (κ3) is 3.70. The van der Waals surface area contributed by atoms with Crippen LogP contribution in [0, 0.1) is 0 Å². The van der Waals surface area contributed by atoms with Crippen molar-refractivity contribution < 1.29 is 9.90 Å². The molecule has 1 atom stereocenters. The van der Waals surface area contributed by atoms with Crippen LogP contribution in [-0.2, 0) is 4.79 Å². The lowest BCUT2D eigenvalue weighted by Gasteiger charge is -2.14. The zero-order chi connectivity index (χ0) is 11.4. The van der Waals surface area contributed by atoms with E-state index in [1.54, 1.807) is 18.2 Å². The molecule has 5 heteroatoms. The highest BCUT2D eigenvalue weighted by Gasteiger charge is 2.10. The molecule has 1 aromatic carbocycles. The first-order chi connectivity index (χ1) is 7.00. The largest absolute Gasteiger partial charge is 0.480 e. The molecule has 1 unspecified atom stereocenters. The summed E-state index contributed by atoms with van der Waals surface area (Å²) in [4.78, 5) is 10.4. The van der Waals surface area contributed by atoms with Crippen molar-refractivity contribution in [3.63, 3.8) is 0 Å². The first-order valence-corrected chi connectivity index (χ1v) is 5.16. The highest BCUT2D eigenvalue weighted by Crippen LogP contribution is 2.25. The molecule has 0 aliphatic rings. The summed E-state index contributed by atoms with van der Waals surface area (Å²) in [6, 6.07) is 4.96. The lowest BCUT2D eigenvalue weighted by atomic mass is 10.1. The fraction of sp³-hybridized carbons (Fsp3) is 0.300. The monoisotopic (exact) mass is 247 g/mol. The Morgan fingerprint density at radius 3 is 2.80 bits per heavy atom. The van der Waals surface area contributed by atoms with Gasteiger partial charge in [-0.25, -0.2) is 0 Å². The van der Waals surface area contributed by atoms with Crippen LogP contribution in [0.5, 0.6) is 0 Å². The highest BCUT2D eigenvalue weighted by molar-refractivity contribution is 6.33. The molecule has 0 heterocycles. The van der Waals surface area contributed by atoms with Crippen LogP contribution >= 0.6 is 23.2 Å². The Bertz CT molecular complexity index is 368. The Morgan fingerprint density at radius 2 is 2.20 bits per heavy atom. The standard InChI is InChI=1S/C10H11Cl2NO2/c1-6(13-5-10(14)15)8-4-7(11)2-3-9(8)12/h2-4,6,13H,5H2,1H3,(H,14,15). The molecule has 2 N–H and O–H groups in total. The van der Waals surface area contributed by atoms with E-state index in [-0.39, 0.29) is 12.6 Å². The molecule has 0 spiro atoms. The normalized spacial score (nSPS) is 12.5. The molecule has 0 radical (unpaired) electrons. The van der Waals surface area contributed by atoms with Crippen molar-refractivity contribution in [1.29, 1.82) is 0 Å². The minimum absolute atomic E-state index is 0.107. The van der Waals surface area contributed by atoms with E-state index in [9.17, 15) is 4.79 Å². The van der Waals surface area contributed by atoms with Crippen LogP contribution in [0.1, 0.15) is 18.5 Å². The Balaban J connectivity index is 2.76. The maximum absolute atomic E-state index is 10.4. The molecule has 0 fully saturated rings. The maximum Gasteiger partial charge on any atom is 0.317 e. The second-order valence-corrected chi connectivity index (χ2v) is 4.01.